The van der Waals surface area contributed by atoms with Gasteiger partial charge in [-0.3, -0.25) is 9.58 Å². The predicted octanol–water partition coefficient (Wildman–Crippen LogP) is 1.62. The Balaban J connectivity index is 2.12. The van der Waals surface area contributed by atoms with E-state index in [2.05, 4.69) is 16.9 Å². The number of aliphatic hydroxyl groups excluding tert-OH is 2. The van der Waals surface area contributed by atoms with E-state index in [0.29, 0.717) is 12.6 Å². The molecule has 2 N–H and O–H groups in total. The fraction of sp³-hybridized carbons (Fsp3) is 0.812. The Morgan fingerprint density at radius 3 is 2.48 bits per heavy atom. The number of aromatic nitrogens is 2. The summed E-state index contributed by atoms with van der Waals surface area (Å²) in [5, 5.41) is 23.0. The number of hydrogen-bond acceptors (Lipinski definition) is 4. The molecule has 1 aliphatic carbocycles. The summed E-state index contributed by atoms with van der Waals surface area (Å²) in [6.45, 7) is 6.57. The number of rotatable bonds is 7. The van der Waals surface area contributed by atoms with Crippen molar-refractivity contribution in [3.05, 3.63) is 17.0 Å². The van der Waals surface area contributed by atoms with Crippen LogP contribution in [0.2, 0.25) is 0 Å². The van der Waals surface area contributed by atoms with Crippen LogP contribution in [0.25, 0.3) is 0 Å². The SMILES string of the molecule is Cc1nn(CCO)c(C)c1CN(CCO)C1CCCCC1. The maximum absolute atomic E-state index is 9.38. The Morgan fingerprint density at radius 2 is 1.86 bits per heavy atom. The maximum atomic E-state index is 9.38. The average Bonchev–Trinajstić information content (AvgIpc) is 2.75. The van der Waals surface area contributed by atoms with Crippen molar-refractivity contribution in [3.8, 4) is 0 Å². The molecule has 5 heteroatoms. The highest BCUT2D eigenvalue weighted by Crippen LogP contribution is 2.25. The lowest BCUT2D eigenvalue weighted by Gasteiger charge is -2.34. The fourth-order valence-corrected chi connectivity index (χ4v) is 3.44. The summed E-state index contributed by atoms with van der Waals surface area (Å²) >= 11 is 0. The molecule has 0 spiro atoms. The van der Waals surface area contributed by atoms with E-state index < -0.39 is 0 Å². The van der Waals surface area contributed by atoms with Crippen molar-refractivity contribution in [2.45, 2.75) is 65.1 Å². The monoisotopic (exact) mass is 295 g/mol. The van der Waals surface area contributed by atoms with Gasteiger partial charge in [-0.1, -0.05) is 19.3 Å². The minimum atomic E-state index is 0.115. The van der Waals surface area contributed by atoms with Crippen LogP contribution in [-0.4, -0.2) is 50.7 Å². The molecule has 0 aromatic carbocycles. The van der Waals surface area contributed by atoms with E-state index in [-0.39, 0.29) is 13.2 Å². The molecule has 0 radical (unpaired) electrons. The summed E-state index contributed by atoms with van der Waals surface area (Å²) in [5.74, 6) is 0. The quantitative estimate of drug-likeness (QED) is 0.802. The molecule has 0 atom stereocenters. The van der Waals surface area contributed by atoms with Gasteiger partial charge in [-0.05, 0) is 26.7 Å². The smallest absolute Gasteiger partial charge is 0.0644 e. The van der Waals surface area contributed by atoms with Gasteiger partial charge in [0, 0.05) is 30.4 Å². The molecule has 120 valence electrons. The summed E-state index contributed by atoms with van der Waals surface area (Å²) in [5.41, 5.74) is 3.43. The van der Waals surface area contributed by atoms with Crippen molar-refractivity contribution in [2.24, 2.45) is 0 Å². The van der Waals surface area contributed by atoms with Gasteiger partial charge >= 0.3 is 0 Å². The molecule has 2 rings (SSSR count). The predicted molar refractivity (Wildman–Crippen MR) is 83.2 cm³/mol. The highest BCUT2D eigenvalue weighted by Gasteiger charge is 2.23. The molecule has 21 heavy (non-hydrogen) atoms. The van der Waals surface area contributed by atoms with Gasteiger partial charge in [0.25, 0.3) is 0 Å². The third-order valence-corrected chi connectivity index (χ3v) is 4.68. The summed E-state index contributed by atoms with van der Waals surface area (Å²) < 4.78 is 1.89. The standard InChI is InChI=1S/C16H29N3O2/c1-13-16(14(2)19(17-13)9-11-21)12-18(8-10-20)15-6-4-3-5-7-15/h15,20-21H,3-12H2,1-2H3. The van der Waals surface area contributed by atoms with Gasteiger partial charge in [-0.2, -0.15) is 5.10 Å². The number of nitrogens with zero attached hydrogens (tertiary/aromatic N) is 3. The van der Waals surface area contributed by atoms with Crippen LogP contribution >= 0.6 is 0 Å². The van der Waals surface area contributed by atoms with Gasteiger partial charge in [-0.15, -0.1) is 0 Å². The maximum Gasteiger partial charge on any atom is 0.0644 e. The molecule has 1 aliphatic rings. The molecule has 1 aromatic heterocycles. The molecule has 1 aromatic rings. The van der Waals surface area contributed by atoms with Crippen molar-refractivity contribution in [3.63, 3.8) is 0 Å². The number of hydrogen-bond donors (Lipinski definition) is 2. The summed E-state index contributed by atoms with van der Waals surface area (Å²) in [6.07, 6.45) is 6.42. The first-order chi connectivity index (χ1) is 10.2. The Morgan fingerprint density at radius 1 is 1.14 bits per heavy atom. The van der Waals surface area contributed by atoms with E-state index in [1.165, 1.54) is 37.7 Å². The second kappa shape index (κ2) is 7.92. The van der Waals surface area contributed by atoms with Gasteiger partial charge in [-0.25, -0.2) is 0 Å². The van der Waals surface area contributed by atoms with Crippen LogP contribution in [0, 0.1) is 13.8 Å². The zero-order valence-corrected chi connectivity index (χ0v) is 13.4. The molecular weight excluding hydrogens is 266 g/mol. The van der Waals surface area contributed by atoms with E-state index >= 15 is 0 Å². The minimum Gasteiger partial charge on any atom is -0.395 e. The first kappa shape index (κ1) is 16.5. The summed E-state index contributed by atoms with van der Waals surface area (Å²) in [7, 11) is 0. The Hall–Kier alpha value is -0.910. The van der Waals surface area contributed by atoms with E-state index in [1.807, 2.05) is 11.6 Å². The third kappa shape index (κ3) is 4.05. The molecule has 1 saturated carbocycles. The van der Waals surface area contributed by atoms with Crippen LogP contribution in [0.15, 0.2) is 0 Å². The molecule has 1 fully saturated rings. The van der Waals surface area contributed by atoms with Gasteiger partial charge in [0.05, 0.1) is 25.5 Å². The zero-order valence-electron chi connectivity index (χ0n) is 13.4. The fourth-order valence-electron chi connectivity index (χ4n) is 3.44. The van der Waals surface area contributed by atoms with Crippen LogP contribution in [0.1, 0.15) is 49.1 Å². The lowest BCUT2D eigenvalue weighted by molar-refractivity contribution is 0.117. The molecule has 0 unspecified atom stereocenters. The second-order valence-corrected chi connectivity index (χ2v) is 6.08. The summed E-state index contributed by atoms with van der Waals surface area (Å²) in [4.78, 5) is 2.42. The average molecular weight is 295 g/mol. The topological polar surface area (TPSA) is 61.5 Å². The normalized spacial score (nSPS) is 16.8. The van der Waals surface area contributed by atoms with E-state index in [0.717, 1.165) is 24.5 Å². The largest absolute Gasteiger partial charge is 0.395 e. The molecule has 1 heterocycles. The Kier molecular flexibility index (Phi) is 6.21. The molecule has 0 amide bonds. The summed E-state index contributed by atoms with van der Waals surface area (Å²) in [6, 6.07) is 0.589. The van der Waals surface area contributed by atoms with Crippen LogP contribution in [0.5, 0.6) is 0 Å². The zero-order chi connectivity index (χ0) is 15.2. The van der Waals surface area contributed by atoms with E-state index in [9.17, 15) is 5.11 Å². The highest BCUT2D eigenvalue weighted by molar-refractivity contribution is 5.24. The molecule has 0 saturated heterocycles. The van der Waals surface area contributed by atoms with Gasteiger partial charge in [0.15, 0.2) is 0 Å². The van der Waals surface area contributed by atoms with Crippen molar-refractivity contribution in [2.75, 3.05) is 19.8 Å². The van der Waals surface area contributed by atoms with E-state index in [1.54, 1.807) is 0 Å². The minimum absolute atomic E-state index is 0.115. The second-order valence-electron chi connectivity index (χ2n) is 6.08. The number of aliphatic hydroxyl groups is 2. The van der Waals surface area contributed by atoms with Crippen LogP contribution in [-0.2, 0) is 13.1 Å². The van der Waals surface area contributed by atoms with Crippen molar-refractivity contribution >= 4 is 0 Å². The van der Waals surface area contributed by atoms with Gasteiger partial charge in [0.2, 0.25) is 0 Å². The van der Waals surface area contributed by atoms with Crippen molar-refractivity contribution < 1.29 is 10.2 Å². The van der Waals surface area contributed by atoms with Crippen molar-refractivity contribution in [1.29, 1.82) is 0 Å². The lowest BCUT2D eigenvalue weighted by atomic mass is 9.93. The van der Waals surface area contributed by atoms with Crippen LogP contribution in [0.4, 0.5) is 0 Å². The van der Waals surface area contributed by atoms with Crippen LogP contribution in [0.3, 0.4) is 0 Å². The third-order valence-electron chi connectivity index (χ3n) is 4.68. The molecule has 0 bridgehead atoms. The van der Waals surface area contributed by atoms with E-state index in [4.69, 9.17) is 5.11 Å². The Bertz CT molecular complexity index is 439. The van der Waals surface area contributed by atoms with Gasteiger partial charge in [0.1, 0.15) is 0 Å². The first-order valence-electron chi connectivity index (χ1n) is 8.16. The van der Waals surface area contributed by atoms with Crippen molar-refractivity contribution in [1.82, 2.24) is 14.7 Å². The Labute approximate surface area is 127 Å². The highest BCUT2D eigenvalue weighted by atomic mass is 16.3. The van der Waals surface area contributed by atoms with Gasteiger partial charge < -0.3 is 10.2 Å². The first-order valence-corrected chi connectivity index (χ1v) is 8.16. The number of aryl methyl sites for hydroxylation is 1. The molecule has 5 nitrogen and oxygen atoms in total. The molecule has 0 aliphatic heterocycles. The van der Waals surface area contributed by atoms with Crippen LogP contribution < -0.4 is 0 Å². The molecular formula is C16H29N3O2. The lowest BCUT2D eigenvalue weighted by Crippen LogP contribution is -2.38.